The molecule has 0 unspecified atom stereocenters. The van der Waals surface area contributed by atoms with Crippen LogP contribution in [0.25, 0.3) is 21.8 Å². The molecule has 4 heterocycles. The number of nitrogens with zero attached hydrogens (tertiary/aromatic N) is 2. The molecule has 2 saturated heterocycles. The van der Waals surface area contributed by atoms with Gasteiger partial charge in [0, 0.05) is 71.4 Å². The summed E-state index contributed by atoms with van der Waals surface area (Å²) in [6.07, 6.45) is 6.26. The lowest BCUT2D eigenvalue weighted by Gasteiger charge is -2.43. The van der Waals surface area contributed by atoms with Crippen molar-refractivity contribution in [2.24, 2.45) is 5.92 Å². The fourth-order valence-corrected chi connectivity index (χ4v) is 7.67. The summed E-state index contributed by atoms with van der Waals surface area (Å²) in [6.45, 7) is 7.95. The Morgan fingerprint density at radius 1 is 0.829 bits per heavy atom. The van der Waals surface area contributed by atoms with Crippen LogP contribution in [0.1, 0.15) is 47.1 Å². The average Bonchev–Trinajstić information content (AvgIpc) is 3.70. The van der Waals surface area contributed by atoms with Gasteiger partial charge in [0.2, 0.25) is 11.8 Å². The molecule has 1 atom stereocenters. The van der Waals surface area contributed by atoms with Gasteiger partial charge in [-0.25, -0.2) is 0 Å². The number of carbonyl (C=O) groups excluding carboxylic acids is 2. The number of H-pyrrole nitrogens is 2. The molecule has 2 aromatic heterocycles. The van der Waals surface area contributed by atoms with Gasteiger partial charge in [0.15, 0.2) is 0 Å². The third-order valence-electron chi connectivity index (χ3n) is 9.52. The van der Waals surface area contributed by atoms with Gasteiger partial charge in [0.1, 0.15) is 0 Å². The molecule has 0 bridgehead atoms. The number of aromatic amines is 2. The highest BCUT2D eigenvalue weighted by molar-refractivity contribution is 6.01. The zero-order chi connectivity index (χ0) is 28.3. The van der Waals surface area contributed by atoms with Crippen molar-refractivity contribution in [2.45, 2.75) is 45.4 Å². The minimum atomic E-state index is -0.309. The Morgan fingerprint density at radius 2 is 1.37 bits per heavy atom. The van der Waals surface area contributed by atoms with E-state index in [9.17, 15) is 9.59 Å². The SMILES string of the molecule is Cc1cc(C)c(N2C[C@@H](C(=O)N3CCC(c4c[nH]c5ccccc45)(c4c[nH]c5ccccc45)CC3)CC2=O)c(C)c1. The van der Waals surface area contributed by atoms with Crippen molar-refractivity contribution >= 4 is 39.3 Å². The van der Waals surface area contributed by atoms with Crippen molar-refractivity contribution in [1.29, 1.82) is 0 Å². The quantitative estimate of drug-likeness (QED) is 0.270. The number of para-hydroxylation sites is 2. The zero-order valence-electron chi connectivity index (χ0n) is 24.0. The Morgan fingerprint density at radius 3 is 1.93 bits per heavy atom. The van der Waals surface area contributed by atoms with E-state index in [0.717, 1.165) is 40.7 Å². The molecule has 0 aliphatic carbocycles. The zero-order valence-corrected chi connectivity index (χ0v) is 24.0. The van der Waals surface area contributed by atoms with E-state index in [2.05, 4.69) is 104 Å². The molecular formula is C35H36N4O2. The van der Waals surface area contributed by atoms with Crippen molar-refractivity contribution in [3.05, 3.63) is 101 Å². The van der Waals surface area contributed by atoms with E-state index in [-0.39, 0.29) is 29.6 Å². The molecule has 0 saturated carbocycles. The van der Waals surface area contributed by atoms with E-state index in [4.69, 9.17) is 0 Å². The van der Waals surface area contributed by atoms with Gasteiger partial charge < -0.3 is 19.8 Å². The number of piperidine rings is 1. The number of anilines is 1. The number of carbonyl (C=O) groups is 2. The van der Waals surface area contributed by atoms with E-state index < -0.39 is 0 Å². The number of amides is 2. The molecule has 6 heteroatoms. The molecule has 208 valence electrons. The van der Waals surface area contributed by atoms with Crippen molar-refractivity contribution in [2.75, 3.05) is 24.5 Å². The largest absolute Gasteiger partial charge is 0.361 e. The van der Waals surface area contributed by atoms with Crippen LogP contribution in [0.4, 0.5) is 5.69 Å². The number of rotatable bonds is 4. The summed E-state index contributed by atoms with van der Waals surface area (Å²) >= 11 is 0. The summed E-state index contributed by atoms with van der Waals surface area (Å²) in [4.78, 5) is 37.9. The first-order valence-corrected chi connectivity index (χ1v) is 14.7. The number of aromatic nitrogens is 2. The molecule has 0 spiro atoms. The lowest BCUT2D eigenvalue weighted by Crippen LogP contribution is -2.47. The van der Waals surface area contributed by atoms with Gasteiger partial charge in [0.05, 0.1) is 5.92 Å². The van der Waals surface area contributed by atoms with Gasteiger partial charge in [-0.15, -0.1) is 0 Å². The normalized spacial score (nSPS) is 19.0. The predicted molar refractivity (Wildman–Crippen MR) is 164 cm³/mol. The Balaban J connectivity index is 1.18. The first-order valence-electron chi connectivity index (χ1n) is 14.7. The smallest absolute Gasteiger partial charge is 0.228 e. The van der Waals surface area contributed by atoms with Crippen LogP contribution in [0.3, 0.4) is 0 Å². The number of likely N-dealkylation sites (tertiary alicyclic amines) is 1. The fourth-order valence-electron chi connectivity index (χ4n) is 7.67. The van der Waals surface area contributed by atoms with Gasteiger partial charge in [-0.3, -0.25) is 9.59 Å². The first kappa shape index (κ1) is 25.6. The number of hydrogen-bond acceptors (Lipinski definition) is 2. The summed E-state index contributed by atoms with van der Waals surface area (Å²) in [5.74, 6) is -0.159. The minimum absolute atomic E-state index is 0.0438. The standard InChI is InChI=1S/C35H36N4O2/c1-22-16-23(2)33(24(3)17-22)39-21-25(18-32(39)40)34(41)38-14-12-35(13-15-38,28-19-36-30-10-6-4-8-26(28)30)29-20-37-31-11-7-5-9-27(29)31/h4-11,16-17,19-20,25,36-37H,12-15,18,21H2,1-3H3/t25-/m0/s1. The van der Waals surface area contributed by atoms with Crippen molar-refractivity contribution in [3.8, 4) is 0 Å². The first-order chi connectivity index (χ1) is 19.9. The number of nitrogens with one attached hydrogen (secondary N) is 2. The lowest BCUT2D eigenvalue weighted by atomic mass is 9.67. The molecular weight excluding hydrogens is 508 g/mol. The summed E-state index contributed by atoms with van der Waals surface area (Å²) in [5.41, 5.74) is 8.93. The minimum Gasteiger partial charge on any atom is -0.361 e. The van der Waals surface area contributed by atoms with E-state index in [1.54, 1.807) is 0 Å². The van der Waals surface area contributed by atoms with Gasteiger partial charge in [0.25, 0.3) is 0 Å². The molecule has 0 radical (unpaired) electrons. The highest BCUT2D eigenvalue weighted by Crippen LogP contribution is 2.47. The number of fused-ring (bicyclic) bond motifs is 2. The van der Waals surface area contributed by atoms with E-state index in [0.29, 0.717) is 19.6 Å². The molecule has 3 aromatic carbocycles. The maximum Gasteiger partial charge on any atom is 0.228 e. The van der Waals surface area contributed by atoms with Gasteiger partial charge in [-0.05, 0) is 68.0 Å². The maximum absolute atomic E-state index is 13.9. The van der Waals surface area contributed by atoms with Crippen LogP contribution >= 0.6 is 0 Å². The molecule has 6 nitrogen and oxygen atoms in total. The highest BCUT2D eigenvalue weighted by Gasteiger charge is 2.44. The van der Waals surface area contributed by atoms with Crippen molar-refractivity contribution < 1.29 is 9.59 Å². The maximum atomic E-state index is 13.9. The van der Waals surface area contributed by atoms with Gasteiger partial charge >= 0.3 is 0 Å². The Kier molecular flexibility index (Phi) is 6.03. The number of hydrogen-bond donors (Lipinski definition) is 2. The van der Waals surface area contributed by atoms with Crippen molar-refractivity contribution in [1.82, 2.24) is 14.9 Å². The molecule has 2 amide bonds. The monoisotopic (exact) mass is 544 g/mol. The fraction of sp³-hybridized carbons (Fsp3) is 0.314. The van der Waals surface area contributed by atoms with Crippen LogP contribution in [0.5, 0.6) is 0 Å². The third kappa shape index (κ3) is 4.07. The molecule has 5 aromatic rings. The molecule has 2 N–H and O–H groups in total. The molecule has 41 heavy (non-hydrogen) atoms. The van der Waals surface area contributed by atoms with Gasteiger partial charge in [-0.2, -0.15) is 0 Å². The summed E-state index contributed by atoms with van der Waals surface area (Å²) in [7, 11) is 0. The number of benzene rings is 3. The molecule has 2 aliphatic rings. The predicted octanol–water partition coefficient (Wildman–Crippen LogP) is 6.54. The number of aryl methyl sites for hydroxylation is 3. The third-order valence-corrected chi connectivity index (χ3v) is 9.52. The lowest BCUT2D eigenvalue weighted by molar-refractivity contribution is -0.137. The van der Waals surface area contributed by atoms with E-state index in [1.807, 2.05) is 9.80 Å². The van der Waals surface area contributed by atoms with E-state index in [1.165, 1.54) is 27.5 Å². The van der Waals surface area contributed by atoms with Crippen LogP contribution in [-0.4, -0.2) is 46.3 Å². The van der Waals surface area contributed by atoms with Crippen LogP contribution in [0, 0.1) is 26.7 Å². The summed E-state index contributed by atoms with van der Waals surface area (Å²) in [5, 5.41) is 2.47. The van der Waals surface area contributed by atoms with Crippen LogP contribution in [-0.2, 0) is 15.0 Å². The van der Waals surface area contributed by atoms with Gasteiger partial charge in [-0.1, -0.05) is 54.1 Å². The van der Waals surface area contributed by atoms with Crippen molar-refractivity contribution in [3.63, 3.8) is 0 Å². The van der Waals surface area contributed by atoms with Crippen LogP contribution < -0.4 is 4.90 Å². The topological polar surface area (TPSA) is 72.2 Å². The summed E-state index contributed by atoms with van der Waals surface area (Å²) in [6, 6.07) is 21.2. The highest BCUT2D eigenvalue weighted by atomic mass is 16.2. The summed E-state index contributed by atoms with van der Waals surface area (Å²) < 4.78 is 0. The second kappa shape index (κ2) is 9.65. The van der Waals surface area contributed by atoms with E-state index >= 15 is 0 Å². The Hall–Kier alpha value is -4.32. The average molecular weight is 545 g/mol. The Bertz CT molecular complexity index is 1700. The molecule has 2 fully saturated rings. The Labute approximate surface area is 240 Å². The van der Waals surface area contributed by atoms with Crippen LogP contribution in [0.2, 0.25) is 0 Å². The molecule has 7 rings (SSSR count). The van der Waals surface area contributed by atoms with Crippen LogP contribution in [0.15, 0.2) is 73.1 Å². The second-order valence-electron chi connectivity index (χ2n) is 12.1. The second-order valence-corrected chi connectivity index (χ2v) is 12.1. The molecule has 2 aliphatic heterocycles.